The summed E-state index contributed by atoms with van der Waals surface area (Å²) >= 11 is 0. The summed E-state index contributed by atoms with van der Waals surface area (Å²) < 4.78 is 0. The van der Waals surface area contributed by atoms with Gasteiger partial charge in [0, 0.05) is 31.4 Å². The second-order valence-electron chi connectivity index (χ2n) is 7.14. The number of nitrogens with zero attached hydrogens (tertiary/aromatic N) is 2. The molecule has 1 aliphatic carbocycles. The Bertz CT molecular complexity index is 573. The first-order valence-corrected chi connectivity index (χ1v) is 8.58. The fourth-order valence-electron chi connectivity index (χ4n) is 4.61. The lowest BCUT2D eigenvalue weighted by molar-refractivity contribution is -0.119. The summed E-state index contributed by atoms with van der Waals surface area (Å²) in [7, 11) is 0. The molecule has 0 bridgehead atoms. The third kappa shape index (κ3) is 2.44. The van der Waals surface area contributed by atoms with Crippen LogP contribution in [0, 0.1) is 11.8 Å². The van der Waals surface area contributed by atoms with Crippen molar-refractivity contribution in [3.63, 3.8) is 0 Å². The lowest BCUT2D eigenvalue weighted by Crippen LogP contribution is -2.40. The summed E-state index contributed by atoms with van der Waals surface area (Å²) in [6.07, 6.45) is 4.68. The Morgan fingerprint density at radius 2 is 2.09 bits per heavy atom. The third-order valence-electron chi connectivity index (χ3n) is 5.78. The predicted octanol–water partition coefficient (Wildman–Crippen LogP) is 1.63. The maximum Gasteiger partial charge on any atom is 0.241 e. The standard InChI is InChI=1S/C18H25N3O/c19-16-6-3-5-14-10-20(11-15(14)16)12-18(22)21-9-8-13-4-1-2-7-17(13)21/h1-2,4,7,14-16H,3,5-6,8-12,19H2. The maximum atomic E-state index is 12.7. The number of anilines is 1. The van der Waals surface area contributed by atoms with Crippen molar-refractivity contribution in [3.05, 3.63) is 29.8 Å². The highest BCUT2D eigenvalue weighted by atomic mass is 16.2. The first kappa shape index (κ1) is 14.2. The molecule has 2 fully saturated rings. The number of amides is 1. The fourth-order valence-corrected chi connectivity index (χ4v) is 4.61. The molecule has 4 rings (SSSR count). The van der Waals surface area contributed by atoms with Crippen LogP contribution in [0.2, 0.25) is 0 Å². The zero-order valence-corrected chi connectivity index (χ0v) is 13.1. The van der Waals surface area contributed by atoms with Crippen LogP contribution in [0.3, 0.4) is 0 Å². The third-order valence-corrected chi connectivity index (χ3v) is 5.78. The van der Waals surface area contributed by atoms with E-state index in [0.717, 1.165) is 38.2 Å². The molecular formula is C18H25N3O. The molecule has 3 aliphatic rings. The molecule has 1 aromatic rings. The van der Waals surface area contributed by atoms with E-state index in [0.29, 0.717) is 24.4 Å². The SMILES string of the molecule is NC1CCCC2CN(CC(=O)N3CCc4ccccc43)CC12. The number of carbonyl (C=O) groups excluding carboxylic acids is 1. The van der Waals surface area contributed by atoms with Crippen molar-refractivity contribution in [2.24, 2.45) is 17.6 Å². The van der Waals surface area contributed by atoms with Gasteiger partial charge in [-0.15, -0.1) is 0 Å². The molecule has 1 amide bonds. The van der Waals surface area contributed by atoms with Crippen LogP contribution in [0.1, 0.15) is 24.8 Å². The Hall–Kier alpha value is -1.39. The number of nitrogens with two attached hydrogens (primary N) is 1. The predicted molar refractivity (Wildman–Crippen MR) is 87.7 cm³/mol. The lowest BCUT2D eigenvalue weighted by Gasteiger charge is -2.29. The van der Waals surface area contributed by atoms with Crippen molar-refractivity contribution >= 4 is 11.6 Å². The number of para-hydroxylation sites is 1. The summed E-state index contributed by atoms with van der Waals surface area (Å²) in [6.45, 7) is 3.44. The Morgan fingerprint density at radius 1 is 1.23 bits per heavy atom. The molecule has 1 saturated heterocycles. The van der Waals surface area contributed by atoms with Crippen molar-refractivity contribution < 1.29 is 4.79 Å². The largest absolute Gasteiger partial charge is 0.327 e. The number of benzene rings is 1. The molecule has 118 valence electrons. The summed E-state index contributed by atoms with van der Waals surface area (Å²) in [5, 5.41) is 0. The van der Waals surface area contributed by atoms with E-state index in [4.69, 9.17) is 5.73 Å². The highest BCUT2D eigenvalue weighted by molar-refractivity contribution is 5.96. The molecule has 4 heteroatoms. The van der Waals surface area contributed by atoms with E-state index in [9.17, 15) is 4.79 Å². The average Bonchev–Trinajstić information content (AvgIpc) is 3.11. The van der Waals surface area contributed by atoms with Gasteiger partial charge in [-0.3, -0.25) is 9.69 Å². The van der Waals surface area contributed by atoms with Gasteiger partial charge in [-0.2, -0.15) is 0 Å². The number of rotatable bonds is 2. The van der Waals surface area contributed by atoms with Crippen LogP contribution < -0.4 is 10.6 Å². The number of hydrogen-bond acceptors (Lipinski definition) is 3. The Kier molecular flexibility index (Phi) is 3.66. The molecule has 2 aliphatic heterocycles. The molecule has 1 aromatic carbocycles. The molecule has 4 nitrogen and oxygen atoms in total. The summed E-state index contributed by atoms with van der Waals surface area (Å²) in [6, 6.07) is 8.62. The first-order valence-electron chi connectivity index (χ1n) is 8.58. The molecule has 2 heterocycles. The minimum absolute atomic E-state index is 0.247. The van der Waals surface area contributed by atoms with E-state index in [1.807, 2.05) is 11.0 Å². The molecule has 3 unspecified atom stereocenters. The topological polar surface area (TPSA) is 49.6 Å². The number of fused-ring (bicyclic) bond motifs is 2. The van der Waals surface area contributed by atoms with E-state index in [2.05, 4.69) is 23.1 Å². The number of hydrogen-bond donors (Lipinski definition) is 1. The second-order valence-corrected chi connectivity index (χ2v) is 7.14. The minimum atomic E-state index is 0.247. The van der Waals surface area contributed by atoms with Crippen LogP contribution in [-0.4, -0.2) is 43.0 Å². The fraction of sp³-hybridized carbons (Fsp3) is 0.611. The normalized spacial score (nSPS) is 31.1. The molecule has 0 spiro atoms. The monoisotopic (exact) mass is 299 g/mol. The van der Waals surface area contributed by atoms with E-state index in [1.54, 1.807) is 0 Å². The van der Waals surface area contributed by atoms with Gasteiger partial charge in [-0.05, 0) is 42.7 Å². The molecule has 0 aromatic heterocycles. The zero-order chi connectivity index (χ0) is 15.1. The van der Waals surface area contributed by atoms with Gasteiger partial charge in [0.15, 0.2) is 0 Å². The summed E-state index contributed by atoms with van der Waals surface area (Å²) in [5.41, 5.74) is 8.69. The highest BCUT2D eigenvalue weighted by Gasteiger charge is 2.39. The number of likely N-dealkylation sites (tertiary alicyclic amines) is 1. The molecule has 3 atom stereocenters. The highest BCUT2D eigenvalue weighted by Crippen LogP contribution is 2.35. The lowest BCUT2D eigenvalue weighted by atomic mass is 9.78. The maximum absolute atomic E-state index is 12.7. The van der Waals surface area contributed by atoms with Gasteiger partial charge in [0.2, 0.25) is 5.91 Å². The van der Waals surface area contributed by atoms with Gasteiger partial charge >= 0.3 is 0 Å². The van der Waals surface area contributed by atoms with Crippen LogP contribution in [0.5, 0.6) is 0 Å². The van der Waals surface area contributed by atoms with E-state index < -0.39 is 0 Å². The van der Waals surface area contributed by atoms with Crippen molar-refractivity contribution in [3.8, 4) is 0 Å². The molecular weight excluding hydrogens is 274 g/mol. The van der Waals surface area contributed by atoms with Crippen LogP contribution in [0.25, 0.3) is 0 Å². The number of carbonyl (C=O) groups is 1. The Labute approximate surface area is 132 Å². The molecule has 1 saturated carbocycles. The smallest absolute Gasteiger partial charge is 0.241 e. The van der Waals surface area contributed by atoms with Crippen LogP contribution in [-0.2, 0) is 11.2 Å². The Morgan fingerprint density at radius 3 is 2.95 bits per heavy atom. The van der Waals surface area contributed by atoms with Gasteiger partial charge in [-0.1, -0.05) is 24.6 Å². The molecule has 0 radical (unpaired) electrons. The van der Waals surface area contributed by atoms with Gasteiger partial charge in [0.1, 0.15) is 0 Å². The van der Waals surface area contributed by atoms with Gasteiger partial charge in [-0.25, -0.2) is 0 Å². The van der Waals surface area contributed by atoms with Crippen molar-refractivity contribution in [1.29, 1.82) is 0 Å². The molecule has 2 N–H and O–H groups in total. The summed E-state index contributed by atoms with van der Waals surface area (Å²) in [4.78, 5) is 17.0. The van der Waals surface area contributed by atoms with Crippen LogP contribution in [0.4, 0.5) is 5.69 Å². The van der Waals surface area contributed by atoms with Gasteiger partial charge in [0.05, 0.1) is 6.54 Å². The summed E-state index contributed by atoms with van der Waals surface area (Å²) in [5.74, 6) is 1.56. The van der Waals surface area contributed by atoms with E-state index in [1.165, 1.54) is 18.4 Å². The van der Waals surface area contributed by atoms with E-state index >= 15 is 0 Å². The quantitative estimate of drug-likeness (QED) is 0.903. The second kappa shape index (κ2) is 5.67. The Balaban J connectivity index is 1.41. The van der Waals surface area contributed by atoms with E-state index in [-0.39, 0.29) is 5.91 Å². The van der Waals surface area contributed by atoms with Crippen LogP contribution in [0.15, 0.2) is 24.3 Å². The van der Waals surface area contributed by atoms with Crippen molar-refractivity contribution in [2.45, 2.75) is 31.7 Å². The van der Waals surface area contributed by atoms with Gasteiger partial charge < -0.3 is 10.6 Å². The first-order chi connectivity index (χ1) is 10.7. The van der Waals surface area contributed by atoms with Gasteiger partial charge in [0.25, 0.3) is 0 Å². The minimum Gasteiger partial charge on any atom is -0.327 e. The van der Waals surface area contributed by atoms with Crippen molar-refractivity contribution in [1.82, 2.24) is 4.90 Å². The zero-order valence-electron chi connectivity index (χ0n) is 13.1. The molecule has 22 heavy (non-hydrogen) atoms. The van der Waals surface area contributed by atoms with Crippen LogP contribution >= 0.6 is 0 Å². The van der Waals surface area contributed by atoms with Crippen molar-refractivity contribution in [2.75, 3.05) is 31.1 Å². The average molecular weight is 299 g/mol.